The summed E-state index contributed by atoms with van der Waals surface area (Å²) in [6.45, 7) is 2.08. The van der Waals surface area contributed by atoms with E-state index in [-0.39, 0.29) is 6.10 Å². The molecule has 0 bridgehead atoms. The smallest absolute Gasteiger partial charge is 0.139 e. The highest BCUT2D eigenvalue weighted by Crippen LogP contribution is 2.11. The molecule has 0 amide bonds. The number of ether oxygens (including phenoxy) is 2. The third-order valence-electron chi connectivity index (χ3n) is 2.16. The van der Waals surface area contributed by atoms with Crippen molar-refractivity contribution in [2.24, 2.45) is 0 Å². The molecule has 2 heterocycles. The van der Waals surface area contributed by atoms with Gasteiger partial charge in [0.1, 0.15) is 6.73 Å². The molecule has 0 N–H and O–H groups in total. The summed E-state index contributed by atoms with van der Waals surface area (Å²) >= 11 is 3.33. The minimum atomic E-state index is 0.228. The Balaban J connectivity index is 1.76. The largest absolute Gasteiger partial charge is 0.379 e. The molecule has 4 nitrogen and oxygen atoms in total. The van der Waals surface area contributed by atoms with Crippen molar-refractivity contribution >= 4 is 15.9 Å². The third-order valence-corrected chi connectivity index (χ3v) is 2.57. The van der Waals surface area contributed by atoms with Crippen molar-refractivity contribution in [3.8, 4) is 0 Å². The fraction of sp³-hybridized carbons (Fsp3) is 0.667. The van der Waals surface area contributed by atoms with Crippen LogP contribution in [-0.2, 0) is 16.2 Å². The molecule has 1 aromatic rings. The van der Waals surface area contributed by atoms with Crippen LogP contribution in [0, 0.1) is 0 Å². The third kappa shape index (κ3) is 2.80. The number of aromatic nitrogens is 2. The molecular formula is C9H13BrN2O2. The van der Waals surface area contributed by atoms with E-state index < -0.39 is 0 Å². The minimum Gasteiger partial charge on any atom is -0.379 e. The normalized spacial score (nSPS) is 22.5. The van der Waals surface area contributed by atoms with E-state index in [2.05, 4.69) is 21.0 Å². The van der Waals surface area contributed by atoms with Gasteiger partial charge in [-0.2, -0.15) is 5.10 Å². The summed E-state index contributed by atoms with van der Waals surface area (Å²) in [6, 6.07) is 0. The van der Waals surface area contributed by atoms with E-state index in [1.54, 1.807) is 10.9 Å². The number of rotatable bonds is 3. The lowest BCUT2D eigenvalue weighted by molar-refractivity contribution is -0.0760. The predicted octanol–water partition coefficient (Wildman–Crippen LogP) is 1.80. The second kappa shape index (κ2) is 4.91. The van der Waals surface area contributed by atoms with E-state index in [4.69, 9.17) is 9.47 Å². The standard InChI is InChI=1S/C9H13BrN2O2/c10-8-4-11-12(5-8)7-14-9-2-1-3-13-6-9/h4-5,9H,1-3,6-7H2. The van der Waals surface area contributed by atoms with E-state index in [9.17, 15) is 0 Å². The fourth-order valence-electron chi connectivity index (χ4n) is 1.43. The molecule has 1 aromatic heterocycles. The highest BCUT2D eigenvalue weighted by molar-refractivity contribution is 9.10. The average Bonchev–Trinajstić information content (AvgIpc) is 2.63. The van der Waals surface area contributed by atoms with E-state index in [1.807, 2.05) is 6.20 Å². The first-order valence-corrected chi connectivity index (χ1v) is 5.51. The Hall–Kier alpha value is -0.390. The van der Waals surface area contributed by atoms with Crippen molar-refractivity contribution in [2.75, 3.05) is 13.2 Å². The van der Waals surface area contributed by atoms with E-state index >= 15 is 0 Å². The van der Waals surface area contributed by atoms with Gasteiger partial charge in [-0.3, -0.25) is 0 Å². The van der Waals surface area contributed by atoms with Crippen LogP contribution in [0.25, 0.3) is 0 Å². The van der Waals surface area contributed by atoms with Crippen LogP contribution < -0.4 is 0 Å². The van der Waals surface area contributed by atoms with Crippen molar-refractivity contribution < 1.29 is 9.47 Å². The molecule has 14 heavy (non-hydrogen) atoms. The second-order valence-corrected chi connectivity index (χ2v) is 4.25. The van der Waals surface area contributed by atoms with Gasteiger partial charge in [0.2, 0.25) is 0 Å². The molecule has 1 aliphatic rings. The van der Waals surface area contributed by atoms with Gasteiger partial charge in [-0.1, -0.05) is 0 Å². The first-order valence-electron chi connectivity index (χ1n) is 4.72. The summed E-state index contributed by atoms with van der Waals surface area (Å²) in [5.41, 5.74) is 0. The lowest BCUT2D eigenvalue weighted by Crippen LogP contribution is -2.26. The summed E-state index contributed by atoms with van der Waals surface area (Å²) in [6.07, 6.45) is 6.05. The van der Waals surface area contributed by atoms with E-state index in [0.29, 0.717) is 13.3 Å². The zero-order chi connectivity index (χ0) is 9.80. The molecule has 0 radical (unpaired) electrons. The first-order chi connectivity index (χ1) is 6.84. The van der Waals surface area contributed by atoms with Gasteiger partial charge in [-0.15, -0.1) is 0 Å². The Morgan fingerprint density at radius 1 is 1.71 bits per heavy atom. The molecule has 1 unspecified atom stereocenters. The molecule has 1 fully saturated rings. The molecule has 0 aromatic carbocycles. The molecule has 0 aliphatic carbocycles. The summed E-state index contributed by atoms with van der Waals surface area (Å²) < 4.78 is 13.7. The van der Waals surface area contributed by atoms with Gasteiger partial charge in [-0.25, -0.2) is 4.68 Å². The second-order valence-electron chi connectivity index (χ2n) is 3.33. The molecule has 78 valence electrons. The zero-order valence-corrected chi connectivity index (χ0v) is 9.44. The van der Waals surface area contributed by atoms with E-state index in [0.717, 1.165) is 23.9 Å². The highest BCUT2D eigenvalue weighted by atomic mass is 79.9. The van der Waals surface area contributed by atoms with Crippen LogP contribution >= 0.6 is 15.9 Å². The number of hydrogen-bond donors (Lipinski definition) is 0. The Bertz CT molecular complexity index is 284. The first kappa shape index (κ1) is 10.1. The van der Waals surface area contributed by atoms with Gasteiger partial charge in [0.25, 0.3) is 0 Å². The summed E-state index contributed by atoms with van der Waals surface area (Å²) in [4.78, 5) is 0. The van der Waals surface area contributed by atoms with Gasteiger partial charge in [0.15, 0.2) is 0 Å². The Morgan fingerprint density at radius 2 is 2.64 bits per heavy atom. The maximum Gasteiger partial charge on any atom is 0.139 e. The molecule has 0 spiro atoms. The minimum absolute atomic E-state index is 0.228. The molecule has 1 aliphatic heterocycles. The van der Waals surface area contributed by atoms with Crippen LogP contribution in [0.15, 0.2) is 16.9 Å². The monoisotopic (exact) mass is 260 g/mol. The molecule has 0 saturated carbocycles. The summed E-state index contributed by atoms with van der Waals surface area (Å²) in [5, 5.41) is 4.10. The van der Waals surface area contributed by atoms with Gasteiger partial charge in [0.05, 0.1) is 23.4 Å². The lowest BCUT2D eigenvalue weighted by atomic mass is 10.2. The Kier molecular flexibility index (Phi) is 3.55. The molecule has 5 heteroatoms. The van der Waals surface area contributed by atoms with Crippen LogP contribution in [-0.4, -0.2) is 29.1 Å². The van der Waals surface area contributed by atoms with Crippen molar-refractivity contribution in [1.29, 1.82) is 0 Å². The number of nitrogens with zero attached hydrogens (tertiary/aromatic N) is 2. The highest BCUT2D eigenvalue weighted by Gasteiger charge is 2.13. The van der Waals surface area contributed by atoms with Gasteiger partial charge in [0, 0.05) is 12.8 Å². The molecule has 1 atom stereocenters. The van der Waals surface area contributed by atoms with Crippen LogP contribution in [0.2, 0.25) is 0 Å². The fourth-order valence-corrected chi connectivity index (χ4v) is 1.76. The topological polar surface area (TPSA) is 36.3 Å². The van der Waals surface area contributed by atoms with Crippen LogP contribution in [0.3, 0.4) is 0 Å². The summed E-state index contributed by atoms with van der Waals surface area (Å²) in [5.74, 6) is 0. The SMILES string of the molecule is Brc1cnn(COC2CCCOC2)c1. The summed E-state index contributed by atoms with van der Waals surface area (Å²) in [7, 11) is 0. The Morgan fingerprint density at radius 3 is 3.29 bits per heavy atom. The van der Waals surface area contributed by atoms with Gasteiger partial charge in [-0.05, 0) is 28.8 Å². The van der Waals surface area contributed by atoms with Crippen molar-refractivity contribution in [2.45, 2.75) is 25.7 Å². The quantitative estimate of drug-likeness (QED) is 0.832. The average molecular weight is 261 g/mol. The van der Waals surface area contributed by atoms with Gasteiger partial charge >= 0.3 is 0 Å². The van der Waals surface area contributed by atoms with Gasteiger partial charge < -0.3 is 9.47 Å². The van der Waals surface area contributed by atoms with Crippen molar-refractivity contribution in [1.82, 2.24) is 9.78 Å². The number of hydrogen-bond acceptors (Lipinski definition) is 3. The lowest BCUT2D eigenvalue weighted by Gasteiger charge is -2.22. The van der Waals surface area contributed by atoms with Crippen molar-refractivity contribution in [3.63, 3.8) is 0 Å². The maximum absolute atomic E-state index is 5.64. The van der Waals surface area contributed by atoms with Crippen LogP contribution in [0.1, 0.15) is 12.8 Å². The zero-order valence-electron chi connectivity index (χ0n) is 7.86. The molecular weight excluding hydrogens is 248 g/mol. The van der Waals surface area contributed by atoms with E-state index in [1.165, 1.54) is 0 Å². The predicted molar refractivity (Wildman–Crippen MR) is 54.9 cm³/mol. The number of halogens is 1. The molecule has 1 saturated heterocycles. The van der Waals surface area contributed by atoms with Crippen molar-refractivity contribution in [3.05, 3.63) is 16.9 Å². The molecule has 2 rings (SSSR count). The maximum atomic E-state index is 5.64. The Labute approximate surface area is 91.3 Å². The van der Waals surface area contributed by atoms with Crippen LogP contribution in [0.5, 0.6) is 0 Å². The van der Waals surface area contributed by atoms with Crippen LogP contribution in [0.4, 0.5) is 0 Å².